The Morgan fingerprint density at radius 3 is 2.88 bits per heavy atom. The van der Waals surface area contributed by atoms with Crippen LogP contribution in [0.2, 0.25) is 5.02 Å². The van der Waals surface area contributed by atoms with E-state index in [1.54, 1.807) is 6.92 Å². The van der Waals surface area contributed by atoms with Crippen LogP contribution in [0.1, 0.15) is 12.5 Å². The molecule has 0 aromatic heterocycles. The summed E-state index contributed by atoms with van der Waals surface area (Å²) in [6.07, 6.45) is 0. The lowest BCUT2D eigenvalue weighted by Gasteiger charge is -2.06. The minimum Gasteiger partial charge on any atom is -0.482 e. The lowest BCUT2D eigenvalue weighted by atomic mass is 10.2. The molecule has 1 rings (SSSR count). The van der Waals surface area contributed by atoms with E-state index in [0.29, 0.717) is 22.9 Å². The zero-order chi connectivity index (χ0) is 12.0. The molecule has 1 aromatic rings. The molecule has 0 amide bonds. The van der Waals surface area contributed by atoms with Crippen molar-refractivity contribution < 1.29 is 14.3 Å². The van der Waals surface area contributed by atoms with E-state index < -0.39 is 5.97 Å². The molecule has 16 heavy (non-hydrogen) atoms. The maximum atomic E-state index is 11.0. The van der Waals surface area contributed by atoms with Crippen LogP contribution in [0.4, 0.5) is 0 Å². The number of rotatable bonds is 4. The molecule has 0 fully saturated rings. The fraction of sp³-hybridized carbons (Fsp3) is 0.273. The second kappa shape index (κ2) is 5.99. The third kappa shape index (κ3) is 3.79. The van der Waals surface area contributed by atoms with Crippen LogP contribution >= 0.6 is 11.6 Å². The van der Waals surface area contributed by atoms with Gasteiger partial charge in [0.25, 0.3) is 0 Å². The lowest BCUT2D eigenvalue weighted by molar-refractivity contribution is -0.145. The molecule has 4 nitrogen and oxygen atoms in total. The van der Waals surface area contributed by atoms with Crippen molar-refractivity contribution in [3.63, 3.8) is 0 Å². The topological polar surface area (TPSA) is 59.3 Å². The molecular formula is C11H10ClNO3. The summed E-state index contributed by atoms with van der Waals surface area (Å²) in [5, 5.41) is 9.08. The quantitative estimate of drug-likeness (QED) is 0.756. The predicted octanol–water partition coefficient (Wildman–Crippen LogP) is 2.15. The molecule has 0 atom stereocenters. The van der Waals surface area contributed by atoms with Crippen molar-refractivity contribution in [2.24, 2.45) is 0 Å². The third-order valence-corrected chi connectivity index (χ3v) is 1.88. The average Bonchev–Trinajstić information content (AvgIpc) is 2.26. The Morgan fingerprint density at radius 1 is 1.50 bits per heavy atom. The highest BCUT2D eigenvalue weighted by Crippen LogP contribution is 2.20. The fourth-order valence-corrected chi connectivity index (χ4v) is 1.28. The van der Waals surface area contributed by atoms with Crippen LogP contribution in [0.25, 0.3) is 0 Å². The number of hydrogen-bond acceptors (Lipinski definition) is 4. The van der Waals surface area contributed by atoms with E-state index >= 15 is 0 Å². The first-order valence-electron chi connectivity index (χ1n) is 4.65. The van der Waals surface area contributed by atoms with Gasteiger partial charge in [-0.3, -0.25) is 0 Å². The Hall–Kier alpha value is -1.73. The van der Waals surface area contributed by atoms with Crippen molar-refractivity contribution in [3.05, 3.63) is 28.8 Å². The highest BCUT2D eigenvalue weighted by Gasteiger charge is 2.05. The van der Waals surface area contributed by atoms with Gasteiger partial charge in [-0.1, -0.05) is 11.6 Å². The number of ether oxygens (including phenoxy) is 2. The van der Waals surface area contributed by atoms with Gasteiger partial charge in [0, 0.05) is 5.02 Å². The number of esters is 1. The second-order valence-electron chi connectivity index (χ2n) is 2.88. The Morgan fingerprint density at radius 2 is 2.25 bits per heavy atom. The predicted molar refractivity (Wildman–Crippen MR) is 58.3 cm³/mol. The monoisotopic (exact) mass is 239 g/mol. The Balaban J connectivity index is 2.64. The number of benzene rings is 1. The molecule has 1 aromatic carbocycles. The smallest absolute Gasteiger partial charge is 0.344 e. The molecule has 0 spiro atoms. The van der Waals surface area contributed by atoms with Gasteiger partial charge in [-0.25, -0.2) is 4.79 Å². The number of nitrogens with zero attached hydrogens (tertiary/aromatic N) is 1. The minimum atomic E-state index is -0.457. The lowest BCUT2D eigenvalue weighted by Crippen LogP contribution is -2.14. The van der Waals surface area contributed by atoms with Gasteiger partial charge in [0.1, 0.15) is 5.75 Å². The van der Waals surface area contributed by atoms with Gasteiger partial charge in [0.2, 0.25) is 0 Å². The number of nitriles is 1. The molecule has 0 aliphatic carbocycles. The van der Waals surface area contributed by atoms with Gasteiger partial charge in [-0.2, -0.15) is 5.26 Å². The molecular weight excluding hydrogens is 230 g/mol. The van der Waals surface area contributed by atoms with Gasteiger partial charge in [0.05, 0.1) is 18.2 Å². The van der Waals surface area contributed by atoms with E-state index in [4.69, 9.17) is 21.6 Å². The molecule has 0 aliphatic rings. The standard InChI is InChI=1S/C11H10ClNO3/c1-2-15-11(14)7-16-10-4-8(6-13)3-9(12)5-10/h3-5H,2,7H2,1H3. The van der Waals surface area contributed by atoms with Crippen LogP contribution in [0.3, 0.4) is 0 Å². The highest BCUT2D eigenvalue weighted by molar-refractivity contribution is 6.30. The molecule has 0 N–H and O–H groups in total. The van der Waals surface area contributed by atoms with E-state index in [-0.39, 0.29) is 6.61 Å². The summed E-state index contributed by atoms with van der Waals surface area (Å²) in [6, 6.07) is 6.49. The maximum Gasteiger partial charge on any atom is 0.344 e. The van der Waals surface area contributed by atoms with E-state index in [9.17, 15) is 4.79 Å². The van der Waals surface area contributed by atoms with Crippen LogP contribution in [-0.4, -0.2) is 19.2 Å². The molecule has 0 bridgehead atoms. The van der Waals surface area contributed by atoms with E-state index in [2.05, 4.69) is 4.74 Å². The maximum absolute atomic E-state index is 11.0. The normalized spacial score (nSPS) is 9.31. The summed E-state index contributed by atoms with van der Waals surface area (Å²) >= 11 is 5.76. The molecule has 0 saturated carbocycles. The van der Waals surface area contributed by atoms with Crippen molar-refractivity contribution in [1.82, 2.24) is 0 Å². The van der Waals surface area contributed by atoms with Crippen LogP contribution in [-0.2, 0) is 9.53 Å². The number of carbonyl (C=O) groups excluding carboxylic acids is 1. The minimum absolute atomic E-state index is 0.195. The Bertz CT molecular complexity index is 426. The van der Waals surface area contributed by atoms with Gasteiger partial charge >= 0.3 is 5.97 Å². The largest absolute Gasteiger partial charge is 0.482 e. The number of carbonyl (C=O) groups is 1. The summed E-state index contributed by atoms with van der Waals surface area (Å²) in [4.78, 5) is 11.0. The number of halogens is 1. The zero-order valence-electron chi connectivity index (χ0n) is 8.70. The van der Waals surface area contributed by atoms with E-state index in [1.165, 1.54) is 18.2 Å². The summed E-state index contributed by atoms with van der Waals surface area (Å²) in [5.41, 5.74) is 0.381. The van der Waals surface area contributed by atoms with Gasteiger partial charge in [0.15, 0.2) is 6.61 Å². The number of hydrogen-bond donors (Lipinski definition) is 0. The molecule has 0 aliphatic heterocycles. The summed E-state index contributed by atoms with van der Waals surface area (Å²) in [7, 11) is 0. The molecule has 0 heterocycles. The summed E-state index contributed by atoms with van der Waals surface area (Å²) in [5.74, 6) is -0.0851. The first kappa shape index (κ1) is 12.3. The summed E-state index contributed by atoms with van der Waals surface area (Å²) < 4.78 is 9.82. The Kier molecular flexibility index (Phi) is 4.62. The molecule has 84 valence electrons. The first-order chi connectivity index (χ1) is 7.65. The van der Waals surface area contributed by atoms with E-state index in [0.717, 1.165) is 0 Å². The van der Waals surface area contributed by atoms with Crippen molar-refractivity contribution in [1.29, 1.82) is 5.26 Å². The van der Waals surface area contributed by atoms with Crippen LogP contribution in [0.15, 0.2) is 18.2 Å². The SMILES string of the molecule is CCOC(=O)COc1cc(Cl)cc(C#N)c1. The molecule has 0 unspecified atom stereocenters. The molecule has 0 saturated heterocycles. The van der Waals surface area contributed by atoms with Crippen LogP contribution in [0.5, 0.6) is 5.75 Å². The summed E-state index contributed by atoms with van der Waals surface area (Å²) in [6.45, 7) is 1.82. The zero-order valence-corrected chi connectivity index (χ0v) is 9.45. The van der Waals surface area contributed by atoms with Crippen molar-refractivity contribution in [2.45, 2.75) is 6.92 Å². The van der Waals surface area contributed by atoms with E-state index in [1.807, 2.05) is 6.07 Å². The van der Waals surface area contributed by atoms with Gasteiger partial charge < -0.3 is 9.47 Å². The molecule has 0 radical (unpaired) electrons. The van der Waals surface area contributed by atoms with Crippen LogP contribution in [0, 0.1) is 11.3 Å². The van der Waals surface area contributed by atoms with Crippen LogP contribution < -0.4 is 4.74 Å². The van der Waals surface area contributed by atoms with Gasteiger partial charge in [-0.15, -0.1) is 0 Å². The highest BCUT2D eigenvalue weighted by atomic mass is 35.5. The van der Waals surface area contributed by atoms with Crippen molar-refractivity contribution >= 4 is 17.6 Å². The van der Waals surface area contributed by atoms with Gasteiger partial charge in [-0.05, 0) is 25.1 Å². The molecule has 5 heteroatoms. The third-order valence-electron chi connectivity index (χ3n) is 1.66. The second-order valence-corrected chi connectivity index (χ2v) is 3.32. The fourth-order valence-electron chi connectivity index (χ4n) is 1.06. The van der Waals surface area contributed by atoms with Crippen molar-refractivity contribution in [3.8, 4) is 11.8 Å². The van der Waals surface area contributed by atoms with Crippen molar-refractivity contribution in [2.75, 3.05) is 13.2 Å². The average molecular weight is 240 g/mol. The Labute approximate surface area is 98.3 Å². The first-order valence-corrected chi connectivity index (χ1v) is 5.02.